The first-order valence-corrected chi connectivity index (χ1v) is 11.7. The fourth-order valence-electron chi connectivity index (χ4n) is 4.26. The lowest BCUT2D eigenvalue weighted by molar-refractivity contribution is 0.335. The third-order valence-corrected chi connectivity index (χ3v) is 5.96. The van der Waals surface area contributed by atoms with Gasteiger partial charge in [-0.25, -0.2) is 0 Å². The summed E-state index contributed by atoms with van der Waals surface area (Å²) in [5.41, 5.74) is 0.666. The van der Waals surface area contributed by atoms with Crippen molar-refractivity contribution in [2.24, 2.45) is 11.8 Å². The number of hydrogen-bond donors (Lipinski definition) is 2. The van der Waals surface area contributed by atoms with Gasteiger partial charge >= 0.3 is 0 Å². The zero-order valence-electron chi connectivity index (χ0n) is 20.4. The summed E-state index contributed by atoms with van der Waals surface area (Å²) in [7, 11) is 0. The summed E-state index contributed by atoms with van der Waals surface area (Å²) >= 11 is 0. The van der Waals surface area contributed by atoms with Crippen LogP contribution in [0.3, 0.4) is 0 Å². The van der Waals surface area contributed by atoms with Crippen LogP contribution in [0.1, 0.15) is 65.5 Å². The Morgan fingerprint density at radius 1 is 0.970 bits per heavy atom. The molecule has 0 unspecified atom stereocenters. The second-order valence-corrected chi connectivity index (χ2v) is 9.49. The van der Waals surface area contributed by atoms with Crippen LogP contribution in [-0.2, 0) is 12.8 Å². The van der Waals surface area contributed by atoms with Crippen LogP contribution >= 0.6 is 0 Å². The van der Waals surface area contributed by atoms with Gasteiger partial charge in [0.2, 0.25) is 0 Å². The maximum Gasteiger partial charge on any atom is 0.200 e. The molecular weight excluding hydrogens is 420 g/mol. The number of aryl methyl sites for hydroxylation is 1. The van der Waals surface area contributed by atoms with E-state index in [4.69, 9.17) is 9.15 Å². The van der Waals surface area contributed by atoms with E-state index in [1.54, 1.807) is 6.07 Å². The Hall–Kier alpha value is -3.02. The highest BCUT2D eigenvalue weighted by Gasteiger charge is 2.22. The van der Waals surface area contributed by atoms with Crippen molar-refractivity contribution < 1.29 is 19.4 Å². The zero-order chi connectivity index (χ0) is 24.4. The van der Waals surface area contributed by atoms with Crippen LogP contribution in [0.5, 0.6) is 11.5 Å². The van der Waals surface area contributed by atoms with Crippen molar-refractivity contribution in [3.8, 4) is 11.5 Å². The van der Waals surface area contributed by atoms with Crippen molar-refractivity contribution in [3.05, 3.63) is 48.9 Å². The number of rotatable bonds is 8. The van der Waals surface area contributed by atoms with Crippen molar-refractivity contribution in [2.75, 3.05) is 6.61 Å². The highest BCUT2D eigenvalue weighted by molar-refractivity contribution is 6.00. The summed E-state index contributed by atoms with van der Waals surface area (Å²) in [6, 6.07) is 2.89. The van der Waals surface area contributed by atoms with Crippen LogP contribution in [-0.4, -0.2) is 16.8 Å². The van der Waals surface area contributed by atoms with E-state index in [0.29, 0.717) is 53.5 Å². The Kier molecular flexibility index (Phi) is 7.35. The fraction of sp³-hybridized carbons (Fsp3) is 0.481. The standard InChI is InChI=1S/C27H34O6/c1-7-32-20-13-22-25(26(30)17(20)10-8-14(2)3)27(31)24-18(11-9-15(4)5)23(16(6)28)19(29)12-21(24)33-22/h12-15,28,31H,7-11H2,1-6H3/b23-16+. The molecule has 0 aliphatic carbocycles. The van der Waals surface area contributed by atoms with E-state index in [1.165, 1.54) is 13.0 Å². The molecule has 0 amide bonds. The summed E-state index contributed by atoms with van der Waals surface area (Å²) < 4.78 is 11.7. The molecule has 6 nitrogen and oxygen atoms in total. The van der Waals surface area contributed by atoms with Crippen LogP contribution < -0.4 is 20.8 Å². The lowest BCUT2D eigenvalue weighted by Crippen LogP contribution is -2.30. The number of benzene rings is 2. The van der Waals surface area contributed by atoms with Crippen molar-refractivity contribution in [1.29, 1.82) is 0 Å². The fourth-order valence-corrected chi connectivity index (χ4v) is 4.26. The van der Waals surface area contributed by atoms with Crippen LogP contribution in [0.4, 0.5) is 0 Å². The van der Waals surface area contributed by atoms with Gasteiger partial charge in [-0.15, -0.1) is 0 Å². The van der Waals surface area contributed by atoms with Gasteiger partial charge in [0, 0.05) is 17.7 Å². The van der Waals surface area contributed by atoms with Crippen LogP contribution in [0.2, 0.25) is 0 Å². The first kappa shape index (κ1) is 24.6. The van der Waals surface area contributed by atoms with E-state index in [0.717, 1.165) is 12.8 Å². The van der Waals surface area contributed by atoms with Gasteiger partial charge in [0.15, 0.2) is 10.9 Å². The molecule has 2 aromatic carbocycles. The zero-order valence-corrected chi connectivity index (χ0v) is 20.4. The Balaban J connectivity index is 2.47. The molecule has 3 rings (SSSR count). The number of aromatic hydroxyl groups is 1. The largest absolute Gasteiger partial charge is 0.512 e. The van der Waals surface area contributed by atoms with Gasteiger partial charge < -0.3 is 19.4 Å². The van der Waals surface area contributed by atoms with E-state index in [2.05, 4.69) is 27.7 Å². The Bertz CT molecular complexity index is 1340. The van der Waals surface area contributed by atoms with Crippen LogP contribution in [0, 0.1) is 11.8 Å². The van der Waals surface area contributed by atoms with Gasteiger partial charge in [-0.3, -0.25) is 9.59 Å². The van der Waals surface area contributed by atoms with Gasteiger partial charge in [0.1, 0.15) is 33.8 Å². The number of aliphatic hydroxyl groups is 1. The van der Waals surface area contributed by atoms with Crippen molar-refractivity contribution >= 4 is 27.7 Å². The van der Waals surface area contributed by atoms with Crippen LogP contribution in [0.15, 0.2) is 26.1 Å². The normalized spacial score (nSPS) is 12.8. The predicted octanol–water partition coefficient (Wildman–Crippen LogP) is 4.99. The molecule has 0 radical (unpaired) electrons. The van der Waals surface area contributed by atoms with Crippen molar-refractivity contribution in [2.45, 2.75) is 67.2 Å². The minimum atomic E-state index is -0.385. The quantitative estimate of drug-likeness (QED) is 0.465. The first-order valence-electron chi connectivity index (χ1n) is 11.7. The lowest BCUT2D eigenvalue weighted by atomic mass is 9.94. The molecule has 2 N–H and O–H groups in total. The molecule has 1 aromatic heterocycles. The molecule has 0 saturated heterocycles. The molecule has 0 fully saturated rings. The van der Waals surface area contributed by atoms with E-state index in [1.807, 2.05) is 6.92 Å². The summed E-state index contributed by atoms with van der Waals surface area (Å²) in [6.45, 7) is 12.0. The van der Waals surface area contributed by atoms with Gasteiger partial charge in [0.05, 0.1) is 17.2 Å². The van der Waals surface area contributed by atoms with Gasteiger partial charge in [-0.2, -0.15) is 0 Å². The molecule has 0 atom stereocenters. The highest BCUT2D eigenvalue weighted by Crippen LogP contribution is 2.36. The third kappa shape index (κ3) is 4.85. The van der Waals surface area contributed by atoms with Crippen LogP contribution in [0.25, 0.3) is 27.7 Å². The van der Waals surface area contributed by atoms with E-state index < -0.39 is 0 Å². The minimum absolute atomic E-state index is 0.0793. The molecule has 0 aliphatic rings. The summed E-state index contributed by atoms with van der Waals surface area (Å²) in [4.78, 5) is 26.4. The highest BCUT2D eigenvalue weighted by atomic mass is 16.5. The minimum Gasteiger partial charge on any atom is -0.512 e. The molecule has 3 aromatic rings. The molecule has 33 heavy (non-hydrogen) atoms. The average molecular weight is 455 g/mol. The summed E-state index contributed by atoms with van der Waals surface area (Å²) in [5, 5.41) is 22.2. The molecule has 0 saturated carbocycles. The molecular formula is C27H34O6. The van der Waals surface area contributed by atoms with Gasteiger partial charge in [-0.05, 0) is 56.9 Å². The SMILES string of the molecule is CCOc1cc2oc3cc(=O)/c(=C(\C)O)c(CCC(C)C)c3c(O)c2c(=O)c1CCC(C)C. The number of ether oxygens (including phenoxy) is 1. The van der Waals surface area contributed by atoms with E-state index in [9.17, 15) is 19.8 Å². The van der Waals surface area contributed by atoms with E-state index in [-0.39, 0.29) is 44.1 Å². The smallest absolute Gasteiger partial charge is 0.200 e. The summed E-state index contributed by atoms with van der Waals surface area (Å²) in [6.07, 6.45) is 2.52. The number of aliphatic hydroxyl groups excluding tert-OH is 1. The molecule has 178 valence electrons. The Labute approximate surface area is 193 Å². The number of hydrogen-bond acceptors (Lipinski definition) is 6. The topological polar surface area (TPSA) is 97.0 Å². The van der Waals surface area contributed by atoms with Gasteiger partial charge in [0.25, 0.3) is 0 Å². The molecule has 0 spiro atoms. The van der Waals surface area contributed by atoms with Gasteiger partial charge in [-0.1, -0.05) is 27.7 Å². The maximum absolute atomic E-state index is 13.5. The summed E-state index contributed by atoms with van der Waals surface area (Å²) in [5.74, 6) is 0.844. The Morgan fingerprint density at radius 2 is 1.55 bits per heavy atom. The average Bonchev–Trinajstić information content (AvgIpc) is 2.70. The third-order valence-electron chi connectivity index (χ3n) is 5.96. The molecule has 6 heteroatoms. The lowest BCUT2D eigenvalue weighted by Gasteiger charge is -2.15. The number of fused-ring (bicyclic) bond motifs is 2. The molecule has 0 aliphatic heterocycles. The monoisotopic (exact) mass is 454 g/mol. The maximum atomic E-state index is 13.5. The van der Waals surface area contributed by atoms with Crippen molar-refractivity contribution in [1.82, 2.24) is 0 Å². The Morgan fingerprint density at radius 3 is 2.09 bits per heavy atom. The second kappa shape index (κ2) is 9.86. The van der Waals surface area contributed by atoms with E-state index >= 15 is 0 Å². The predicted molar refractivity (Wildman–Crippen MR) is 132 cm³/mol. The molecule has 0 bridgehead atoms. The first-order chi connectivity index (χ1) is 15.6. The molecule has 1 heterocycles. The van der Waals surface area contributed by atoms with Crippen molar-refractivity contribution in [3.63, 3.8) is 0 Å². The second-order valence-electron chi connectivity index (χ2n) is 9.49.